The summed E-state index contributed by atoms with van der Waals surface area (Å²) < 4.78 is 30.2. The second-order valence-corrected chi connectivity index (χ2v) is 7.76. The normalized spacial score (nSPS) is 20.2. The lowest BCUT2D eigenvalue weighted by atomic mass is 10.00. The summed E-state index contributed by atoms with van der Waals surface area (Å²) in [6, 6.07) is 7.90. The first kappa shape index (κ1) is 15.2. The van der Waals surface area contributed by atoms with Crippen molar-refractivity contribution in [3.05, 3.63) is 35.7 Å². The molecule has 2 aromatic rings. The predicted octanol–water partition coefficient (Wildman–Crippen LogP) is 2.18. The van der Waals surface area contributed by atoms with Gasteiger partial charge < -0.3 is 4.52 Å². The number of hydrogen-bond acceptors (Lipinski definition) is 5. The minimum absolute atomic E-state index is 0.0322. The Labute approximate surface area is 130 Å². The lowest BCUT2D eigenvalue weighted by Gasteiger charge is -2.28. The van der Waals surface area contributed by atoms with Crippen LogP contribution in [-0.4, -0.2) is 42.2 Å². The Morgan fingerprint density at radius 1 is 1.27 bits per heavy atom. The SMILES string of the molecule is Cc1ccc(-c2noc([C@H]3CCCN(S(C)(=O)=O)C3)n2)cc1. The molecular formula is C15H19N3O3S. The molecule has 0 radical (unpaired) electrons. The summed E-state index contributed by atoms with van der Waals surface area (Å²) in [5.74, 6) is 1.03. The summed E-state index contributed by atoms with van der Waals surface area (Å²) in [4.78, 5) is 4.45. The molecule has 2 heterocycles. The van der Waals surface area contributed by atoms with Gasteiger partial charge in [-0.2, -0.15) is 4.98 Å². The van der Waals surface area contributed by atoms with Crippen molar-refractivity contribution in [2.75, 3.05) is 19.3 Å². The molecule has 0 bridgehead atoms. The molecule has 3 rings (SSSR count). The zero-order valence-electron chi connectivity index (χ0n) is 12.7. The van der Waals surface area contributed by atoms with E-state index in [1.165, 1.54) is 16.1 Å². The third kappa shape index (κ3) is 3.20. The molecule has 1 aromatic heterocycles. The topological polar surface area (TPSA) is 76.3 Å². The Bertz CT molecular complexity index is 753. The number of sulfonamides is 1. The molecule has 0 N–H and O–H groups in total. The molecule has 0 unspecified atom stereocenters. The molecule has 1 fully saturated rings. The van der Waals surface area contributed by atoms with Gasteiger partial charge in [-0.25, -0.2) is 12.7 Å². The Morgan fingerprint density at radius 2 is 2.00 bits per heavy atom. The molecule has 0 saturated carbocycles. The van der Waals surface area contributed by atoms with Crippen LogP contribution in [0.5, 0.6) is 0 Å². The maximum Gasteiger partial charge on any atom is 0.231 e. The van der Waals surface area contributed by atoms with E-state index in [0.29, 0.717) is 24.8 Å². The molecule has 1 saturated heterocycles. The molecule has 118 valence electrons. The fraction of sp³-hybridized carbons (Fsp3) is 0.467. The van der Waals surface area contributed by atoms with Crippen LogP contribution in [-0.2, 0) is 10.0 Å². The van der Waals surface area contributed by atoms with E-state index in [0.717, 1.165) is 18.4 Å². The first-order chi connectivity index (χ1) is 10.4. The van der Waals surface area contributed by atoms with Gasteiger partial charge in [0.2, 0.25) is 21.7 Å². The Kier molecular flexibility index (Phi) is 4.01. The van der Waals surface area contributed by atoms with E-state index < -0.39 is 10.0 Å². The van der Waals surface area contributed by atoms with E-state index in [2.05, 4.69) is 10.1 Å². The third-order valence-corrected chi connectivity index (χ3v) is 5.22. The maximum absolute atomic E-state index is 11.7. The summed E-state index contributed by atoms with van der Waals surface area (Å²) in [5, 5.41) is 4.02. The highest BCUT2D eigenvalue weighted by Crippen LogP contribution is 2.28. The van der Waals surface area contributed by atoms with E-state index in [9.17, 15) is 8.42 Å². The second-order valence-electron chi connectivity index (χ2n) is 5.78. The fourth-order valence-electron chi connectivity index (χ4n) is 2.67. The number of aromatic nitrogens is 2. The van der Waals surface area contributed by atoms with Crippen molar-refractivity contribution in [3.63, 3.8) is 0 Å². The average Bonchev–Trinajstić information content (AvgIpc) is 2.97. The van der Waals surface area contributed by atoms with Crippen LogP contribution >= 0.6 is 0 Å². The number of aryl methyl sites for hydroxylation is 1. The van der Waals surface area contributed by atoms with Gasteiger partial charge in [0.25, 0.3) is 0 Å². The van der Waals surface area contributed by atoms with E-state index in [1.807, 2.05) is 31.2 Å². The van der Waals surface area contributed by atoms with Crippen LogP contribution in [0.3, 0.4) is 0 Å². The van der Waals surface area contributed by atoms with Gasteiger partial charge in [-0.15, -0.1) is 0 Å². The van der Waals surface area contributed by atoms with Crippen LogP contribution < -0.4 is 0 Å². The lowest BCUT2D eigenvalue weighted by Crippen LogP contribution is -2.38. The Hall–Kier alpha value is -1.73. The Balaban J connectivity index is 1.80. The van der Waals surface area contributed by atoms with Crippen LogP contribution in [0, 0.1) is 6.92 Å². The molecule has 1 aliphatic heterocycles. The van der Waals surface area contributed by atoms with Crippen LogP contribution in [0.1, 0.15) is 30.2 Å². The molecule has 1 aliphatic rings. The predicted molar refractivity (Wildman–Crippen MR) is 82.9 cm³/mol. The minimum atomic E-state index is -3.17. The van der Waals surface area contributed by atoms with Gasteiger partial charge >= 0.3 is 0 Å². The number of hydrogen-bond donors (Lipinski definition) is 0. The lowest BCUT2D eigenvalue weighted by molar-refractivity contribution is 0.266. The van der Waals surface area contributed by atoms with Crippen LogP contribution in [0.25, 0.3) is 11.4 Å². The highest BCUT2D eigenvalue weighted by atomic mass is 32.2. The van der Waals surface area contributed by atoms with Gasteiger partial charge in [0.15, 0.2) is 0 Å². The van der Waals surface area contributed by atoms with Crippen molar-refractivity contribution in [2.24, 2.45) is 0 Å². The summed E-state index contributed by atoms with van der Waals surface area (Å²) in [5.41, 5.74) is 2.07. The standard InChI is InChI=1S/C15H19N3O3S/c1-11-5-7-12(8-6-11)14-16-15(21-17-14)13-4-3-9-18(10-13)22(2,19)20/h5-8,13H,3-4,9-10H2,1-2H3/t13-/m0/s1. The second kappa shape index (κ2) is 5.81. The molecule has 0 amide bonds. The number of nitrogens with zero attached hydrogens (tertiary/aromatic N) is 3. The summed E-state index contributed by atoms with van der Waals surface area (Å²) >= 11 is 0. The van der Waals surface area contributed by atoms with Crippen molar-refractivity contribution < 1.29 is 12.9 Å². The van der Waals surface area contributed by atoms with Gasteiger partial charge in [-0.05, 0) is 19.8 Å². The molecule has 1 atom stereocenters. The maximum atomic E-state index is 11.7. The van der Waals surface area contributed by atoms with Crippen LogP contribution in [0.15, 0.2) is 28.8 Å². The largest absolute Gasteiger partial charge is 0.339 e. The van der Waals surface area contributed by atoms with E-state index >= 15 is 0 Å². The van der Waals surface area contributed by atoms with E-state index in [1.54, 1.807) is 0 Å². The number of benzene rings is 1. The van der Waals surface area contributed by atoms with Crippen LogP contribution in [0.2, 0.25) is 0 Å². The first-order valence-corrected chi connectivity index (χ1v) is 9.14. The van der Waals surface area contributed by atoms with Gasteiger partial charge in [0.05, 0.1) is 12.2 Å². The van der Waals surface area contributed by atoms with Gasteiger partial charge in [0.1, 0.15) is 0 Å². The Morgan fingerprint density at radius 3 is 2.68 bits per heavy atom. The molecule has 7 heteroatoms. The zero-order chi connectivity index (χ0) is 15.7. The summed E-state index contributed by atoms with van der Waals surface area (Å²) in [6.07, 6.45) is 2.91. The molecule has 1 aromatic carbocycles. The van der Waals surface area contributed by atoms with Crippen molar-refractivity contribution in [2.45, 2.75) is 25.7 Å². The third-order valence-electron chi connectivity index (χ3n) is 3.95. The van der Waals surface area contributed by atoms with Gasteiger partial charge in [0, 0.05) is 18.7 Å². The molecular weight excluding hydrogens is 302 g/mol. The quantitative estimate of drug-likeness (QED) is 0.866. The average molecular weight is 321 g/mol. The molecule has 0 aliphatic carbocycles. The summed E-state index contributed by atoms with van der Waals surface area (Å²) in [6.45, 7) is 3.00. The van der Waals surface area contributed by atoms with Crippen molar-refractivity contribution in [3.8, 4) is 11.4 Å². The van der Waals surface area contributed by atoms with Crippen LogP contribution in [0.4, 0.5) is 0 Å². The number of piperidine rings is 1. The molecule has 6 nitrogen and oxygen atoms in total. The van der Waals surface area contributed by atoms with Gasteiger partial charge in [-0.3, -0.25) is 0 Å². The highest BCUT2D eigenvalue weighted by molar-refractivity contribution is 7.88. The monoisotopic (exact) mass is 321 g/mol. The molecule has 22 heavy (non-hydrogen) atoms. The highest BCUT2D eigenvalue weighted by Gasteiger charge is 2.30. The van der Waals surface area contributed by atoms with E-state index in [4.69, 9.17) is 4.52 Å². The smallest absolute Gasteiger partial charge is 0.231 e. The van der Waals surface area contributed by atoms with Crippen molar-refractivity contribution in [1.29, 1.82) is 0 Å². The fourth-order valence-corrected chi connectivity index (χ4v) is 3.58. The number of rotatable bonds is 3. The van der Waals surface area contributed by atoms with E-state index in [-0.39, 0.29) is 5.92 Å². The zero-order valence-corrected chi connectivity index (χ0v) is 13.5. The van der Waals surface area contributed by atoms with Crippen molar-refractivity contribution >= 4 is 10.0 Å². The first-order valence-electron chi connectivity index (χ1n) is 7.29. The minimum Gasteiger partial charge on any atom is -0.339 e. The molecule has 0 spiro atoms. The summed E-state index contributed by atoms with van der Waals surface area (Å²) in [7, 11) is -3.17. The van der Waals surface area contributed by atoms with Crippen molar-refractivity contribution in [1.82, 2.24) is 14.4 Å². The van der Waals surface area contributed by atoms with Gasteiger partial charge in [-0.1, -0.05) is 35.0 Å².